The Hall–Kier alpha value is -2.82. The van der Waals surface area contributed by atoms with Gasteiger partial charge in [0, 0.05) is 50.4 Å². The van der Waals surface area contributed by atoms with Crippen molar-refractivity contribution in [3.63, 3.8) is 0 Å². The average Bonchev–Trinajstić information content (AvgIpc) is 2.73. The summed E-state index contributed by atoms with van der Waals surface area (Å²) in [6, 6.07) is 16.6. The number of amides is 2. The predicted octanol–water partition coefficient (Wildman–Crippen LogP) is 2.99. The molecule has 0 unspecified atom stereocenters. The van der Waals surface area contributed by atoms with Gasteiger partial charge in [0.1, 0.15) is 0 Å². The molecule has 2 aromatic rings. The van der Waals surface area contributed by atoms with Crippen LogP contribution < -0.4 is 10.2 Å². The lowest BCUT2D eigenvalue weighted by Crippen LogP contribution is -2.49. The molecule has 1 saturated heterocycles. The van der Waals surface area contributed by atoms with E-state index in [9.17, 15) is 9.59 Å². The molecule has 2 heterocycles. The second kappa shape index (κ2) is 8.05. The number of benzene rings is 2. The van der Waals surface area contributed by atoms with Crippen molar-refractivity contribution in [1.82, 2.24) is 10.2 Å². The molecule has 1 N–H and O–H groups in total. The van der Waals surface area contributed by atoms with Crippen molar-refractivity contribution in [2.24, 2.45) is 0 Å². The fourth-order valence-corrected chi connectivity index (χ4v) is 4.28. The molecular weight excluding hydrogens is 350 g/mol. The van der Waals surface area contributed by atoms with Crippen LogP contribution in [-0.4, -0.2) is 42.4 Å². The number of likely N-dealkylation sites (tertiary alicyclic amines) is 1. The molecule has 2 aliphatic rings. The van der Waals surface area contributed by atoms with Gasteiger partial charge >= 0.3 is 0 Å². The molecule has 0 aromatic heterocycles. The van der Waals surface area contributed by atoms with Crippen LogP contribution in [-0.2, 0) is 17.8 Å². The largest absolute Gasteiger partial charge is 0.367 e. The van der Waals surface area contributed by atoms with Gasteiger partial charge < -0.3 is 15.1 Å². The SMILES string of the molecule is CC(=O)N[C@H]1CCCN(C(=O)c2ccc(N3CCc4ccccc4C3)cc2)C1. The Morgan fingerprint density at radius 2 is 1.75 bits per heavy atom. The van der Waals surface area contributed by atoms with Gasteiger partial charge in [0.25, 0.3) is 5.91 Å². The van der Waals surface area contributed by atoms with Crippen molar-refractivity contribution in [2.45, 2.75) is 38.8 Å². The zero-order chi connectivity index (χ0) is 19.5. The van der Waals surface area contributed by atoms with Crippen molar-refractivity contribution in [3.8, 4) is 0 Å². The van der Waals surface area contributed by atoms with Gasteiger partial charge in [-0.25, -0.2) is 0 Å². The summed E-state index contributed by atoms with van der Waals surface area (Å²) in [4.78, 5) is 28.4. The van der Waals surface area contributed by atoms with E-state index in [-0.39, 0.29) is 17.9 Å². The quantitative estimate of drug-likeness (QED) is 0.895. The fraction of sp³-hybridized carbons (Fsp3) is 0.391. The lowest BCUT2D eigenvalue weighted by Gasteiger charge is -2.33. The normalized spacial score (nSPS) is 19.1. The van der Waals surface area contributed by atoms with Crippen LogP contribution in [0.4, 0.5) is 5.69 Å². The van der Waals surface area contributed by atoms with Gasteiger partial charge in [0.05, 0.1) is 0 Å². The topological polar surface area (TPSA) is 52.7 Å². The number of nitrogens with zero attached hydrogens (tertiary/aromatic N) is 2. The van der Waals surface area contributed by atoms with Gasteiger partial charge in [-0.15, -0.1) is 0 Å². The highest BCUT2D eigenvalue weighted by Gasteiger charge is 2.25. The summed E-state index contributed by atoms with van der Waals surface area (Å²) < 4.78 is 0. The van der Waals surface area contributed by atoms with Crippen LogP contribution in [0.5, 0.6) is 0 Å². The third-order valence-electron chi connectivity index (χ3n) is 5.73. The Morgan fingerprint density at radius 1 is 1.00 bits per heavy atom. The third kappa shape index (κ3) is 4.03. The van der Waals surface area contributed by atoms with Crippen LogP contribution in [0.15, 0.2) is 48.5 Å². The standard InChI is InChI=1S/C23H27N3O2/c1-17(27)24-21-7-4-13-26(16-21)23(28)19-8-10-22(11-9-19)25-14-12-18-5-2-3-6-20(18)15-25/h2-3,5-6,8-11,21H,4,7,12-16H2,1H3,(H,24,27)/t21-/m0/s1. The molecule has 0 bridgehead atoms. The number of hydrogen-bond acceptors (Lipinski definition) is 3. The molecule has 28 heavy (non-hydrogen) atoms. The van der Waals surface area contributed by atoms with Gasteiger partial charge in [-0.05, 0) is 54.7 Å². The first-order chi connectivity index (χ1) is 13.6. The number of fused-ring (bicyclic) bond motifs is 1. The highest BCUT2D eigenvalue weighted by molar-refractivity contribution is 5.94. The van der Waals surface area contributed by atoms with Crippen LogP contribution in [0, 0.1) is 0 Å². The highest BCUT2D eigenvalue weighted by atomic mass is 16.2. The number of carbonyl (C=O) groups is 2. The molecule has 5 heteroatoms. The zero-order valence-electron chi connectivity index (χ0n) is 16.4. The third-order valence-corrected chi connectivity index (χ3v) is 5.73. The van der Waals surface area contributed by atoms with Gasteiger partial charge in [-0.3, -0.25) is 9.59 Å². The van der Waals surface area contributed by atoms with Crippen molar-refractivity contribution < 1.29 is 9.59 Å². The van der Waals surface area contributed by atoms with Gasteiger partial charge in [0.2, 0.25) is 5.91 Å². The van der Waals surface area contributed by atoms with Gasteiger partial charge in [-0.1, -0.05) is 24.3 Å². The van der Waals surface area contributed by atoms with Gasteiger partial charge in [0.15, 0.2) is 0 Å². The first-order valence-corrected chi connectivity index (χ1v) is 10.1. The Bertz CT molecular complexity index is 862. The molecule has 2 amide bonds. The predicted molar refractivity (Wildman–Crippen MR) is 110 cm³/mol. The molecule has 146 valence electrons. The smallest absolute Gasteiger partial charge is 0.253 e. The van der Waals surface area contributed by atoms with E-state index < -0.39 is 0 Å². The number of carbonyl (C=O) groups excluding carboxylic acids is 2. The number of anilines is 1. The second-order valence-corrected chi connectivity index (χ2v) is 7.78. The summed E-state index contributed by atoms with van der Waals surface area (Å²) >= 11 is 0. The van der Waals surface area contributed by atoms with E-state index in [0.29, 0.717) is 12.1 Å². The van der Waals surface area contributed by atoms with Crippen molar-refractivity contribution in [1.29, 1.82) is 0 Å². The molecule has 5 nitrogen and oxygen atoms in total. The van der Waals surface area contributed by atoms with E-state index in [0.717, 1.165) is 44.6 Å². The summed E-state index contributed by atoms with van der Waals surface area (Å²) in [7, 11) is 0. The van der Waals surface area contributed by atoms with E-state index in [1.54, 1.807) is 0 Å². The molecule has 0 spiro atoms. The van der Waals surface area contributed by atoms with Crippen LogP contribution >= 0.6 is 0 Å². The Balaban J connectivity index is 1.42. The van der Waals surface area contributed by atoms with Crippen LogP contribution in [0.25, 0.3) is 0 Å². The van der Waals surface area contributed by atoms with Gasteiger partial charge in [-0.2, -0.15) is 0 Å². The summed E-state index contributed by atoms with van der Waals surface area (Å²) in [5, 5.41) is 2.94. The molecule has 4 rings (SSSR count). The van der Waals surface area contributed by atoms with Crippen LogP contribution in [0.1, 0.15) is 41.3 Å². The zero-order valence-corrected chi connectivity index (χ0v) is 16.4. The van der Waals surface area contributed by atoms with E-state index in [1.807, 2.05) is 17.0 Å². The van der Waals surface area contributed by atoms with Crippen molar-refractivity contribution in [3.05, 3.63) is 65.2 Å². The molecule has 2 aromatic carbocycles. The van der Waals surface area contributed by atoms with Crippen LogP contribution in [0.3, 0.4) is 0 Å². The van der Waals surface area contributed by atoms with E-state index in [2.05, 4.69) is 46.6 Å². The molecule has 1 fully saturated rings. The Labute approximate surface area is 166 Å². The number of nitrogens with one attached hydrogen (secondary N) is 1. The number of hydrogen-bond donors (Lipinski definition) is 1. The Morgan fingerprint density at radius 3 is 2.50 bits per heavy atom. The summed E-state index contributed by atoms with van der Waals surface area (Å²) in [5.74, 6) is 0.0114. The minimum atomic E-state index is -0.0354. The van der Waals surface area contributed by atoms with E-state index in [1.165, 1.54) is 18.1 Å². The number of piperidine rings is 1. The van der Waals surface area contributed by atoms with Crippen molar-refractivity contribution in [2.75, 3.05) is 24.5 Å². The maximum atomic E-state index is 12.9. The fourth-order valence-electron chi connectivity index (χ4n) is 4.28. The first kappa shape index (κ1) is 18.5. The van der Waals surface area contributed by atoms with Crippen molar-refractivity contribution >= 4 is 17.5 Å². The average molecular weight is 377 g/mol. The second-order valence-electron chi connectivity index (χ2n) is 7.78. The summed E-state index contributed by atoms with van der Waals surface area (Å²) in [5.41, 5.74) is 4.68. The summed E-state index contributed by atoms with van der Waals surface area (Å²) in [6.45, 7) is 4.77. The lowest BCUT2D eigenvalue weighted by molar-refractivity contribution is -0.120. The maximum Gasteiger partial charge on any atom is 0.253 e. The van der Waals surface area contributed by atoms with Crippen LogP contribution in [0.2, 0.25) is 0 Å². The maximum absolute atomic E-state index is 12.9. The lowest BCUT2D eigenvalue weighted by atomic mass is 9.99. The van der Waals surface area contributed by atoms with E-state index >= 15 is 0 Å². The first-order valence-electron chi connectivity index (χ1n) is 10.1. The molecule has 0 radical (unpaired) electrons. The monoisotopic (exact) mass is 377 g/mol. The molecule has 0 saturated carbocycles. The molecular formula is C23H27N3O2. The molecule has 2 aliphatic heterocycles. The Kier molecular flexibility index (Phi) is 5.33. The highest BCUT2D eigenvalue weighted by Crippen LogP contribution is 2.25. The number of rotatable bonds is 3. The minimum Gasteiger partial charge on any atom is -0.367 e. The molecule has 1 atom stereocenters. The summed E-state index contributed by atoms with van der Waals surface area (Å²) in [6.07, 6.45) is 2.90. The molecule has 0 aliphatic carbocycles. The minimum absolute atomic E-state index is 0.0354. The van der Waals surface area contributed by atoms with E-state index in [4.69, 9.17) is 0 Å².